The monoisotopic (exact) mass is 133 g/mol. The summed E-state index contributed by atoms with van der Waals surface area (Å²) in [5.74, 6) is 0.905. The zero-order chi connectivity index (χ0) is 5.98. The maximum absolute atomic E-state index is 8.53. The second-order valence-corrected chi connectivity index (χ2v) is 2.92. The molecule has 1 aliphatic rings. The number of ether oxygens (including phenoxy) is 1. The van der Waals surface area contributed by atoms with Crippen LogP contribution < -0.4 is 0 Å². The predicted molar refractivity (Wildman–Crippen MR) is 33.3 cm³/mol. The Balaban J connectivity index is 2.22. The average molecular weight is 133 g/mol. The van der Waals surface area contributed by atoms with Crippen LogP contribution >= 0.6 is 11.8 Å². The zero-order valence-corrected chi connectivity index (χ0v) is 5.57. The Morgan fingerprint density at radius 2 is 2.75 bits per heavy atom. The van der Waals surface area contributed by atoms with Crippen molar-refractivity contribution < 1.29 is 9.84 Å². The molecule has 0 spiro atoms. The van der Waals surface area contributed by atoms with Crippen LogP contribution in [0.1, 0.15) is 6.92 Å². The molecule has 0 aromatic carbocycles. The van der Waals surface area contributed by atoms with Crippen LogP contribution in [0.3, 0.4) is 0 Å². The Hall–Kier alpha value is 0.270. The van der Waals surface area contributed by atoms with E-state index in [-0.39, 0.29) is 12.7 Å². The Morgan fingerprint density at radius 1 is 2.00 bits per heavy atom. The van der Waals surface area contributed by atoms with Gasteiger partial charge in [-0.1, -0.05) is 0 Å². The molecule has 3 heteroatoms. The summed E-state index contributed by atoms with van der Waals surface area (Å²) in [6.07, 6.45) is 0.0556. The Bertz CT molecular complexity index is 76.8. The lowest BCUT2D eigenvalue weighted by Gasteiger charge is -2.02. The first-order valence-corrected chi connectivity index (χ1v) is 3.55. The van der Waals surface area contributed by atoms with Crippen LogP contribution in [0, 0.1) is 5.44 Å². The summed E-state index contributed by atoms with van der Waals surface area (Å²) in [5, 5.41) is 8.53. The number of hydrogen-bond acceptors (Lipinski definition) is 3. The topological polar surface area (TPSA) is 29.5 Å². The highest BCUT2D eigenvalue weighted by Crippen LogP contribution is 2.30. The van der Waals surface area contributed by atoms with Crippen molar-refractivity contribution in [3.05, 3.63) is 5.44 Å². The van der Waals surface area contributed by atoms with Crippen molar-refractivity contribution in [2.24, 2.45) is 0 Å². The average Bonchev–Trinajstić information content (AvgIpc) is 2.14. The Morgan fingerprint density at radius 3 is 3.00 bits per heavy atom. The summed E-state index contributed by atoms with van der Waals surface area (Å²) in [7, 11) is 0. The van der Waals surface area contributed by atoms with Crippen molar-refractivity contribution in [1.29, 1.82) is 0 Å². The van der Waals surface area contributed by atoms with E-state index in [4.69, 9.17) is 9.84 Å². The maximum atomic E-state index is 8.53. The van der Waals surface area contributed by atoms with E-state index >= 15 is 0 Å². The van der Waals surface area contributed by atoms with Crippen molar-refractivity contribution in [2.75, 3.05) is 12.4 Å². The van der Waals surface area contributed by atoms with Crippen LogP contribution in [0.2, 0.25) is 0 Å². The fourth-order valence-corrected chi connectivity index (χ4v) is 1.40. The third-order valence-corrected chi connectivity index (χ3v) is 2.05. The molecule has 47 valence electrons. The quantitative estimate of drug-likeness (QED) is 0.568. The summed E-state index contributed by atoms with van der Waals surface area (Å²) < 4.78 is 5.14. The highest BCUT2D eigenvalue weighted by Gasteiger charge is 2.21. The zero-order valence-electron chi connectivity index (χ0n) is 4.76. The number of aliphatic hydroxyl groups excluding tert-OH is 1. The molecule has 0 bridgehead atoms. The van der Waals surface area contributed by atoms with E-state index in [1.165, 1.54) is 0 Å². The Kier molecular flexibility index (Phi) is 2.16. The third-order valence-electron chi connectivity index (χ3n) is 1.01. The second kappa shape index (κ2) is 2.71. The molecule has 1 fully saturated rings. The minimum atomic E-state index is 0.0556. The molecule has 1 N–H and O–H groups in total. The molecule has 0 amide bonds. The lowest BCUT2D eigenvalue weighted by Crippen LogP contribution is -2.13. The first kappa shape index (κ1) is 6.39. The molecule has 1 radical (unpaired) electrons. The van der Waals surface area contributed by atoms with Crippen LogP contribution in [0.25, 0.3) is 0 Å². The number of hydrogen-bond donors (Lipinski definition) is 1. The van der Waals surface area contributed by atoms with Gasteiger partial charge in [-0.25, -0.2) is 0 Å². The third kappa shape index (κ3) is 1.37. The minimum absolute atomic E-state index is 0.0556. The SMILES string of the molecule is C[C]1OC(CO)CS1. The molecule has 0 saturated carbocycles. The van der Waals surface area contributed by atoms with E-state index in [9.17, 15) is 0 Å². The van der Waals surface area contributed by atoms with E-state index in [0.29, 0.717) is 0 Å². The van der Waals surface area contributed by atoms with Crippen molar-refractivity contribution in [3.63, 3.8) is 0 Å². The maximum Gasteiger partial charge on any atom is 0.149 e. The fraction of sp³-hybridized carbons (Fsp3) is 0.800. The molecule has 8 heavy (non-hydrogen) atoms. The molecule has 1 saturated heterocycles. The van der Waals surface area contributed by atoms with Gasteiger partial charge >= 0.3 is 0 Å². The smallest absolute Gasteiger partial charge is 0.149 e. The van der Waals surface area contributed by atoms with Crippen LogP contribution in [0.15, 0.2) is 0 Å². The summed E-state index contributed by atoms with van der Waals surface area (Å²) in [4.78, 5) is 0. The standard InChI is InChI=1S/C5H9O2S/c1-4-7-5(2-6)3-8-4/h5-6H,2-3H2,1H3. The van der Waals surface area contributed by atoms with E-state index < -0.39 is 0 Å². The first-order chi connectivity index (χ1) is 3.83. The minimum Gasteiger partial charge on any atom is -0.394 e. The van der Waals surface area contributed by atoms with E-state index in [1.54, 1.807) is 11.8 Å². The van der Waals surface area contributed by atoms with Gasteiger partial charge < -0.3 is 9.84 Å². The van der Waals surface area contributed by atoms with Crippen LogP contribution in [-0.4, -0.2) is 23.6 Å². The van der Waals surface area contributed by atoms with Crippen molar-refractivity contribution >= 4 is 11.8 Å². The molecule has 0 aliphatic carbocycles. The van der Waals surface area contributed by atoms with Gasteiger partial charge in [-0.3, -0.25) is 0 Å². The van der Waals surface area contributed by atoms with Gasteiger partial charge in [-0.15, -0.1) is 11.8 Å². The molecule has 1 heterocycles. The van der Waals surface area contributed by atoms with Crippen LogP contribution in [0.5, 0.6) is 0 Å². The molecule has 1 atom stereocenters. The lowest BCUT2D eigenvalue weighted by atomic mass is 10.4. The molecule has 1 aliphatic heterocycles. The van der Waals surface area contributed by atoms with Gasteiger partial charge in [0, 0.05) is 5.75 Å². The highest BCUT2D eigenvalue weighted by atomic mass is 32.2. The van der Waals surface area contributed by atoms with Crippen molar-refractivity contribution in [2.45, 2.75) is 13.0 Å². The largest absolute Gasteiger partial charge is 0.394 e. The lowest BCUT2D eigenvalue weighted by molar-refractivity contribution is 0.0733. The van der Waals surface area contributed by atoms with Crippen LogP contribution in [0.4, 0.5) is 0 Å². The van der Waals surface area contributed by atoms with Gasteiger partial charge in [0.05, 0.1) is 12.7 Å². The fourth-order valence-electron chi connectivity index (χ4n) is 0.603. The first-order valence-electron chi connectivity index (χ1n) is 2.57. The predicted octanol–water partition coefficient (Wildman–Crippen LogP) is 0.620. The molecule has 1 rings (SSSR count). The Labute approximate surface area is 53.2 Å². The van der Waals surface area contributed by atoms with Gasteiger partial charge in [0.25, 0.3) is 0 Å². The van der Waals surface area contributed by atoms with E-state index in [0.717, 1.165) is 11.2 Å². The molecular formula is C5H9O2S. The van der Waals surface area contributed by atoms with Crippen molar-refractivity contribution in [1.82, 2.24) is 0 Å². The molecule has 1 unspecified atom stereocenters. The summed E-state index contributed by atoms with van der Waals surface area (Å²) >= 11 is 1.66. The van der Waals surface area contributed by atoms with E-state index in [1.807, 2.05) is 6.92 Å². The van der Waals surface area contributed by atoms with E-state index in [2.05, 4.69) is 0 Å². The normalized spacial score (nSPS) is 31.5. The van der Waals surface area contributed by atoms with Gasteiger partial charge in [-0.05, 0) is 6.92 Å². The number of thioether (sulfide) groups is 1. The highest BCUT2D eigenvalue weighted by molar-refractivity contribution is 8.02. The van der Waals surface area contributed by atoms with Gasteiger partial charge in [-0.2, -0.15) is 0 Å². The molecule has 0 aromatic rings. The summed E-state index contributed by atoms with van der Waals surface area (Å²) in [6.45, 7) is 2.06. The van der Waals surface area contributed by atoms with Crippen LogP contribution in [-0.2, 0) is 4.74 Å². The number of aliphatic hydroxyl groups is 1. The molecule has 2 nitrogen and oxygen atoms in total. The summed E-state index contributed by atoms with van der Waals surface area (Å²) in [6, 6.07) is 0. The molecular weight excluding hydrogens is 124 g/mol. The van der Waals surface area contributed by atoms with Gasteiger partial charge in [0.15, 0.2) is 0 Å². The summed E-state index contributed by atoms with van der Waals surface area (Å²) in [5.41, 5.74) is 0.976. The van der Waals surface area contributed by atoms with Gasteiger partial charge in [0.1, 0.15) is 5.44 Å². The second-order valence-electron chi connectivity index (χ2n) is 1.73. The van der Waals surface area contributed by atoms with Gasteiger partial charge in [0.2, 0.25) is 0 Å². The van der Waals surface area contributed by atoms with Crippen molar-refractivity contribution in [3.8, 4) is 0 Å². The number of rotatable bonds is 1. The molecule has 0 aromatic heterocycles.